The molecule has 7 heteroatoms. The predicted octanol–water partition coefficient (Wildman–Crippen LogP) is 2.09. The van der Waals surface area contributed by atoms with E-state index in [2.05, 4.69) is 0 Å². The minimum Gasteiger partial charge on any atom is -0.348 e. The van der Waals surface area contributed by atoms with E-state index in [-0.39, 0.29) is 5.69 Å². The maximum Gasteiger partial charge on any atom is 0.431 e. The number of hydrogen-bond acceptors (Lipinski definition) is 2. The van der Waals surface area contributed by atoms with Gasteiger partial charge in [0.05, 0.1) is 12.2 Å². The summed E-state index contributed by atoms with van der Waals surface area (Å²) in [5.41, 5.74) is -1.75. The standard InChI is InChI=1S/C13H11F3N2O2/c1-17-7-3-4-9(17)10(19)8-18-11(13(14,15)16)5-2-6-12(18)20/h2-7H,8H2,1H3. The van der Waals surface area contributed by atoms with Crippen LogP contribution in [0.25, 0.3) is 0 Å². The van der Waals surface area contributed by atoms with Gasteiger partial charge < -0.3 is 4.57 Å². The summed E-state index contributed by atoms with van der Waals surface area (Å²) in [4.78, 5) is 23.6. The molecule has 0 radical (unpaired) electrons. The van der Waals surface area contributed by atoms with Crippen molar-refractivity contribution in [2.24, 2.45) is 7.05 Å². The molecule has 0 unspecified atom stereocenters. The van der Waals surface area contributed by atoms with E-state index in [1.807, 2.05) is 0 Å². The van der Waals surface area contributed by atoms with E-state index < -0.39 is 29.8 Å². The normalized spacial score (nSPS) is 11.6. The van der Waals surface area contributed by atoms with Gasteiger partial charge in [-0.3, -0.25) is 14.2 Å². The summed E-state index contributed by atoms with van der Waals surface area (Å²) in [7, 11) is 1.60. The number of Topliss-reactive ketones (excluding diaryl/α,β-unsaturated/α-hetero) is 1. The van der Waals surface area contributed by atoms with Crippen LogP contribution in [-0.4, -0.2) is 14.9 Å². The maximum absolute atomic E-state index is 12.8. The number of ketones is 1. The SMILES string of the molecule is Cn1cccc1C(=O)Cn1c(C(F)(F)F)cccc1=O. The number of halogens is 3. The van der Waals surface area contributed by atoms with Gasteiger partial charge in [0, 0.05) is 19.3 Å². The predicted molar refractivity (Wildman–Crippen MR) is 65.4 cm³/mol. The Bertz CT molecular complexity index is 698. The monoisotopic (exact) mass is 284 g/mol. The summed E-state index contributed by atoms with van der Waals surface area (Å²) in [5, 5.41) is 0. The summed E-state index contributed by atoms with van der Waals surface area (Å²) in [6, 6.07) is 5.89. The molecular formula is C13H11F3N2O2. The van der Waals surface area contributed by atoms with Gasteiger partial charge in [-0.1, -0.05) is 6.07 Å². The van der Waals surface area contributed by atoms with Crippen molar-refractivity contribution in [2.75, 3.05) is 0 Å². The van der Waals surface area contributed by atoms with Gasteiger partial charge in [0.1, 0.15) is 5.69 Å². The lowest BCUT2D eigenvalue weighted by Gasteiger charge is -2.14. The van der Waals surface area contributed by atoms with Crippen molar-refractivity contribution in [1.29, 1.82) is 0 Å². The Labute approximate surface area is 112 Å². The lowest BCUT2D eigenvalue weighted by Crippen LogP contribution is -2.30. The van der Waals surface area contributed by atoms with Gasteiger partial charge in [-0.25, -0.2) is 0 Å². The average Bonchev–Trinajstić information content (AvgIpc) is 2.76. The van der Waals surface area contributed by atoms with Crippen LogP contribution >= 0.6 is 0 Å². The summed E-state index contributed by atoms with van der Waals surface area (Å²) in [6.45, 7) is -0.646. The van der Waals surface area contributed by atoms with Gasteiger partial charge in [-0.15, -0.1) is 0 Å². The highest BCUT2D eigenvalue weighted by atomic mass is 19.4. The third-order valence-electron chi connectivity index (χ3n) is 2.87. The molecule has 0 amide bonds. The van der Waals surface area contributed by atoms with E-state index in [4.69, 9.17) is 0 Å². The van der Waals surface area contributed by atoms with Crippen molar-refractivity contribution in [2.45, 2.75) is 12.7 Å². The van der Waals surface area contributed by atoms with Crippen molar-refractivity contribution < 1.29 is 18.0 Å². The van der Waals surface area contributed by atoms with Crippen molar-refractivity contribution in [3.05, 3.63) is 58.3 Å². The number of hydrogen-bond donors (Lipinski definition) is 0. The Kier molecular flexibility index (Phi) is 3.52. The Balaban J connectivity index is 2.42. The van der Waals surface area contributed by atoms with Gasteiger partial charge in [0.15, 0.2) is 5.78 Å². The Morgan fingerprint density at radius 2 is 1.90 bits per heavy atom. The lowest BCUT2D eigenvalue weighted by atomic mass is 10.2. The Morgan fingerprint density at radius 1 is 1.20 bits per heavy atom. The van der Waals surface area contributed by atoms with E-state index >= 15 is 0 Å². The van der Waals surface area contributed by atoms with Crippen LogP contribution in [0.2, 0.25) is 0 Å². The highest BCUT2D eigenvalue weighted by molar-refractivity contribution is 5.94. The van der Waals surface area contributed by atoms with Crippen LogP contribution in [0.15, 0.2) is 41.3 Å². The topological polar surface area (TPSA) is 44.0 Å². The third kappa shape index (κ3) is 2.66. The number of carbonyl (C=O) groups excluding carboxylic acids is 1. The fraction of sp³-hybridized carbons (Fsp3) is 0.231. The smallest absolute Gasteiger partial charge is 0.348 e. The van der Waals surface area contributed by atoms with Crippen molar-refractivity contribution in [3.63, 3.8) is 0 Å². The molecule has 2 heterocycles. The van der Waals surface area contributed by atoms with E-state index in [0.29, 0.717) is 4.57 Å². The molecule has 20 heavy (non-hydrogen) atoms. The molecule has 2 rings (SSSR count). The van der Waals surface area contributed by atoms with Crippen LogP contribution in [-0.2, 0) is 19.8 Å². The zero-order valence-electron chi connectivity index (χ0n) is 10.5. The van der Waals surface area contributed by atoms with Crippen LogP contribution < -0.4 is 5.56 Å². The highest BCUT2D eigenvalue weighted by Gasteiger charge is 2.34. The summed E-state index contributed by atoms with van der Waals surface area (Å²) in [6.07, 6.45) is -3.08. The molecule has 2 aromatic heterocycles. The van der Waals surface area contributed by atoms with E-state index in [1.165, 1.54) is 10.6 Å². The minimum absolute atomic E-state index is 0.244. The molecule has 2 aromatic rings. The van der Waals surface area contributed by atoms with Gasteiger partial charge in [-0.05, 0) is 18.2 Å². The largest absolute Gasteiger partial charge is 0.431 e. The third-order valence-corrected chi connectivity index (χ3v) is 2.87. The number of rotatable bonds is 3. The maximum atomic E-state index is 12.8. The number of aromatic nitrogens is 2. The minimum atomic E-state index is -4.69. The number of nitrogens with zero attached hydrogens (tertiary/aromatic N) is 2. The van der Waals surface area contributed by atoms with Crippen molar-refractivity contribution in [3.8, 4) is 0 Å². The van der Waals surface area contributed by atoms with Crippen LogP contribution in [0, 0.1) is 0 Å². The molecule has 0 aliphatic rings. The van der Waals surface area contributed by atoms with E-state index in [9.17, 15) is 22.8 Å². The Morgan fingerprint density at radius 3 is 2.45 bits per heavy atom. The highest BCUT2D eigenvalue weighted by Crippen LogP contribution is 2.28. The molecule has 0 spiro atoms. The molecule has 0 fully saturated rings. The van der Waals surface area contributed by atoms with Gasteiger partial charge in [0.2, 0.25) is 0 Å². The molecular weight excluding hydrogens is 273 g/mol. The number of carbonyl (C=O) groups is 1. The summed E-state index contributed by atoms with van der Waals surface area (Å²) < 4.78 is 40.4. The quantitative estimate of drug-likeness (QED) is 0.810. The fourth-order valence-corrected chi connectivity index (χ4v) is 1.91. The molecule has 0 aliphatic carbocycles. The molecule has 0 bridgehead atoms. The first-order chi connectivity index (χ1) is 9.30. The summed E-state index contributed by atoms with van der Waals surface area (Å²) >= 11 is 0. The first-order valence-electron chi connectivity index (χ1n) is 5.72. The zero-order valence-corrected chi connectivity index (χ0v) is 10.5. The fourth-order valence-electron chi connectivity index (χ4n) is 1.91. The first kappa shape index (κ1) is 14.1. The van der Waals surface area contributed by atoms with E-state index in [1.54, 1.807) is 19.3 Å². The van der Waals surface area contributed by atoms with Gasteiger partial charge in [-0.2, -0.15) is 13.2 Å². The molecule has 0 saturated heterocycles. The second-order valence-electron chi connectivity index (χ2n) is 4.26. The summed E-state index contributed by atoms with van der Waals surface area (Å²) in [5.74, 6) is -0.559. The molecule has 0 saturated carbocycles. The van der Waals surface area contributed by atoms with E-state index in [0.717, 1.165) is 18.2 Å². The first-order valence-corrected chi connectivity index (χ1v) is 5.72. The Hall–Kier alpha value is -2.31. The molecule has 0 N–H and O–H groups in total. The van der Waals surface area contributed by atoms with Crippen LogP contribution in [0.3, 0.4) is 0 Å². The number of pyridine rings is 1. The van der Waals surface area contributed by atoms with Crippen molar-refractivity contribution in [1.82, 2.24) is 9.13 Å². The molecule has 106 valence electrons. The number of alkyl halides is 3. The second-order valence-corrected chi connectivity index (χ2v) is 4.26. The van der Waals surface area contributed by atoms with Crippen LogP contribution in [0.4, 0.5) is 13.2 Å². The van der Waals surface area contributed by atoms with Gasteiger partial charge >= 0.3 is 6.18 Å². The molecule has 0 aromatic carbocycles. The van der Waals surface area contributed by atoms with Crippen molar-refractivity contribution >= 4 is 5.78 Å². The van der Waals surface area contributed by atoms with Crippen LogP contribution in [0.1, 0.15) is 16.2 Å². The van der Waals surface area contributed by atoms with Gasteiger partial charge in [0.25, 0.3) is 5.56 Å². The second kappa shape index (κ2) is 4.99. The molecule has 0 atom stereocenters. The molecule has 4 nitrogen and oxygen atoms in total. The molecule has 0 aliphatic heterocycles. The average molecular weight is 284 g/mol. The lowest BCUT2D eigenvalue weighted by molar-refractivity contribution is -0.144. The zero-order chi connectivity index (χ0) is 14.9. The number of aryl methyl sites for hydroxylation is 1. The van der Waals surface area contributed by atoms with Crippen LogP contribution in [0.5, 0.6) is 0 Å².